The summed E-state index contributed by atoms with van der Waals surface area (Å²) < 4.78 is 0.527. The molecule has 0 aliphatic carbocycles. The van der Waals surface area contributed by atoms with E-state index in [0.29, 0.717) is 28.7 Å². The first-order valence-corrected chi connectivity index (χ1v) is 6.76. The first-order valence-electron chi connectivity index (χ1n) is 5.97. The molecule has 1 aromatic carbocycles. The van der Waals surface area contributed by atoms with Gasteiger partial charge in [0.05, 0.1) is 10.6 Å². The molecular weight excluding hydrogens is 298 g/mol. The van der Waals surface area contributed by atoms with Gasteiger partial charge in [0.15, 0.2) is 0 Å². The molecule has 1 aliphatic rings. The van der Waals surface area contributed by atoms with E-state index in [0.717, 1.165) is 25.7 Å². The van der Waals surface area contributed by atoms with Crippen molar-refractivity contribution < 1.29 is 15.0 Å². The third kappa shape index (κ3) is 3.10. The second kappa shape index (κ2) is 5.82. The molecular formula is C13H16BrNO3. The van der Waals surface area contributed by atoms with Gasteiger partial charge in [-0.15, -0.1) is 0 Å². The normalized spacial score (nSPS) is 20.9. The Morgan fingerprint density at radius 3 is 2.94 bits per heavy atom. The molecule has 18 heavy (non-hydrogen) atoms. The van der Waals surface area contributed by atoms with Crippen LogP contribution in [0.5, 0.6) is 5.75 Å². The van der Waals surface area contributed by atoms with E-state index in [-0.39, 0.29) is 11.9 Å². The molecule has 4 nitrogen and oxygen atoms in total. The van der Waals surface area contributed by atoms with Gasteiger partial charge in [0.1, 0.15) is 12.0 Å². The molecule has 0 spiro atoms. The van der Waals surface area contributed by atoms with Crippen molar-refractivity contribution in [3.8, 4) is 5.75 Å². The van der Waals surface area contributed by atoms with Crippen LogP contribution in [0.15, 0.2) is 16.6 Å². The summed E-state index contributed by atoms with van der Waals surface area (Å²) in [5, 5.41) is 19.6. The molecule has 1 aromatic rings. The number of aliphatic hydroxyl groups excluding tert-OH is 1. The number of phenols is 1. The summed E-state index contributed by atoms with van der Waals surface area (Å²) in [6.07, 6.45) is 2.26. The van der Waals surface area contributed by atoms with Gasteiger partial charge in [-0.25, -0.2) is 0 Å². The fourth-order valence-electron chi connectivity index (χ4n) is 2.28. The highest BCUT2D eigenvalue weighted by Gasteiger charge is 2.19. The van der Waals surface area contributed by atoms with E-state index in [2.05, 4.69) is 20.8 Å². The molecule has 2 rings (SSSR count). The Morgan fingerprint density at radius 2 is 2.28 bits per heavy atom. The number of β-amino-alcohol motifs (C(OH)–C–C–N with tert-alkyl or cyclic N) is 1. The number of hydrogen-bond donors (Lipinski definition) is 2. The van der Waals surface area contributed by atoms with Crippen LogP contribution in [0.25, 0.3) is 0 Å². The van der Waals surface area contributed by atoms with E-state index >= 15 is 0 Å². The van der Waals surface area contributed by atoms with E-state index in [1.807, 2.05) is 0 Å². The zero-order valence-electron chi connectivity index (χ0n) is 9.97. The van der Waals surface area contributed by atoms with E-state index in [1.54, 1.807) is 12.1 Å². The van der Waals surface area contributed by atoms with Crippen LogP contribution >= 0.6 is 15.9 Å². The van der Waals surface area contributed by atoms with Gasteiger partial charge in [0, 0.05) is 24.2 Å². The van der Waals surface area contributed by atoms with Crippen LogP contribution < -0.4 is 0 Å². The van der Waals surface area contributed by atoms with Gasteiger partial charge < -0.3 is 10.2 Å². The number of benzene rings is 1. The number of hydrogen-bond acceptors (Lipinski definition) is 4. The third-order valence-electron chi connectivity index (χ3n) is 3.18. The van der Waals surface area contributed by atoms with Crippen molar-refractivity contribution in [3.63, 3.8) is 0 Å². The summed E-state index contributed by atoms with van der Waals surface area (Å²) in [6.45, 7) is 2.06. The van der Waals surface area contributed by atoms with Gasteiger partial charge in [0.25, 0.3) is 0 Å². The van der Waals surface area contributed by atoms with Crippen molar-refractivity contribution in [2.45, 2.75) is 25.5 Å². The van der Waals surface area contributed by atoms with E-state index in [4.69, 9.17) is 0 Å². The molecule has 1 aliphatic heterocycles. The Bertz CT molecular complexity index is 450. The lowest BCUT2D eigenvalue weighted by Crippen LogP contribution is -2.37. The van der Waals surface area contributed by atoms with Crippen LogP contribution in [0.2, 0.25) is 0 Å². The van der Waals surface area contributed by atoms with E-state index < -0.39 is 0 Å². The predicted molar refractivity (Wildman–Crippen MR) is 71.7 cm³/mol. The summed E-state index contributed by atoms with van der Waals surface area (Å²) in [5.74, 6) is 0.167. The lowest BCUT2D eigenvalue weighted by Gasteiger charge is -2.30. The Hall–Kier alpha value is -0.910. The number of rotatable bonds is 3. The first kappa shape index (κ1) is 13.5. The Kier molecular flexibility index (Phi) is 4.37. The average Bonchev–Trinajstić information content (AvgIpc) is 2.34. The molecule has 1 unspecified atom stereocenters. The number of aldehydes is 1. The quantitative estimate of drug-likeness (QED) is 0.837. The minimum atomic E-state index is -0.293. The molecule has 1 heterocycles. The Morgan fingerprint density at radius 1 is 1.50 bits per heavy atom. The number of aliphatic hydroxyl groups is 1. The Balaban J connectivity index is 2.17. The Labute approximate surface area is 114 Å². The maximum atomic E-state index is 10.8. The minimum absolute atomic E-state index is 0.167. The lowest BCUT2D eigenvalue weighted by molar-refractivity contribution is 0.0664. The van der Waals surface area contributed by atoms with Crippen LogP contribution in [0.1, 0.15) is 28.8 Å². The molecule has 1 saturated heterocycles. The van der Waals surface area contributed by atoms with Crippen molar-refractivity contribution in [3.05, 3.63) is 27.7 Å². The van der Waals surface area contributed by atoms with E-state index in [1.165, 1.54) is 0 Å². The maximum Gasteiger partial charge on any atom is 0.150 e. The number of nitrogens with zero attached hydrogens (tertiary/aromatic N) is 1. The highest BCUT2D eigenvalue weighted by molar-refractivity contribution is 9.10. The second-order valence-corrected chi connectivity index (χ2v) is 5.51. The molecule has 98 valence electrons. The third-order valence-corrected chi connectivity index (χ3v) is 3.78. The van der Waals surface area contributed by atoms with Crippen LogP contribution in [-0.2, 0) is 6.54 Å². The van der Waals surface area contributed by atoms with Gasteiger partial charge in [0.2, 0.25) is 0 Å². The number of halogens is 1. The van der Waals surface area contributed by atoms with Gasteiger partial charge >= 0.3 is 0 Å². The zero-order chi connectivity index (χ0) is 13.1. The number of likely N-dealkylation sites (tertiary alicyclic amines) is 1. The fourth-order valence-corrected chi connectivity index (χ4v) is 2.80. The monoisotopic (exact) mass is 313 g/mol. The van der Waals surface area contributed by atoms with E-state index in [9.17, 15) is 15.0 Å². The molecule has 0 radical (unpaired) electrons. The van der Waals surface area contributed by atoms with Crippen molar-refractivity contribution in [2.24, 2.45) is 0 Å². The predicted octanol–water partition coefficient (Wildman–Crippen LogP) is 1.92. The number of carbonyl (C=O) groups is 1. The molecule has 0 amide bonds. The number of phenolic OH excluding ortho intramolecular Hbond substituents is 1. The first-order chi connectivity index (χ1) is 8.60. The molecule has 1 atom stereocenters. The van der Waals surface area contributed by atoms with Gasteiger partial charge in [-0.3, -0.25) is 9.69 Å². The highest BCUT2D eigenvalue weighted by atomic mass is 79.9. The highest BCUT2D eigenvalue weighted by Crippen LogP contribution is 2.30. The minimum Gasteiger partial charge on any atom is -0.506 e. The lowest BCUT2D eigenvalue weighted by atomic mass is 10.1. The molecule has 0 aromatic heterocycles. The summed E-state index contributed by atoms with van der Waals surface area (Å²) in [5.41, 5.74) is 1.24. The molecule has 0 saturated carbocycles. The topological polar surface area (TPSA) is 60.8 Å². The molecule has 2 N–H and O–H groups in total. The summed E-state index contributed by atoms with van der Waals surface area (Å²) in [7, 11) is 0. The van der Waals surface area contributed by atoms with Crippen LogP contribution in [0.4, 0.5) is 0 Å². The largest absolute Gasteiger partial charge is 0.506 e. The number of piperidine rings is 1. The van der Waals surface area contributed by atoms with Crippen LogP contribution in [0, 0.1) is 0 Å². The van der Waals surface area contributed by atoms with Crippen molar-refractivity contribution in [2.75, 3.05) is 13.1 Å². The maximum absolute atomic E-state index is 10.8. The summed E-state index contributed by atoms with van der Waals surface area (Å²) >= 11 is 3.24. The SMILES string of the molecule is O=Cc1cc(Br)c(O)c(CN2CCCC(O)C2)c1. The van der Waals surface area contributed by atoms with Gasteiger partial charge in [-0.1, -0.05) is 0 Å². The van der Waals surface area contributed by atoms with Crippen LogP contribution in [0.3, 0.4) is 0 Å². The van der Waals surface area contributed by atoms with Crippen molar-refractivity contribution in [1.29, 1.82) is 0 Å². The van der Waals surface area contributed by atoms with Crippen molar-refractivity contribution >= 4 is 22.2 Å². The number of carbonyl (C=O) groups excluding carboxylic acids is 1. The zero-order valence-corrected chi connectivity index (χ0v) is 11.6. The smallest absolute Gasteiger partial charge is 0.150 e. The average molecular weight is 314 g/mol. The van der Waals surface area contributed by atoms with Gasteiger partial charge in [-0.2, -0.15) is 0 Å². The summed E-state index contributed by atoms with van der Waals surface area (Å²) in [4.78, 5) is 12.9. The standard InChI is InChI=1S/C13H16BrNO3/c14-12-5-9(8-16)4-10(13(12)18)6-15-3-1-2-11(17)7-15/h4-5,8,11,17-18H,1-3,6-7H2. The molecule has 1 fully saturated rings. The fraction of sp³-hybridized carbons (Fsp3) is 0.462. The number of aromatic hydroxyl groups is 1. The molecule has 5 heteroatoms. The summed E-state index contributed by atoms with van der Waals surface area (Å²) in [6, 6.07) is 3.28. The second-order valence-electron chi connectivity index (χ2n) is 4.66. The van der Waals surface area contributed by atoms with Crippen LogP contribution in [-0.4, -0.2) is 40.6 Å². The van der Waals surface area contributed by atoms with Gasteiger partial charge in [-0.05, 0) is 47.4 Å². The van der Waals surface area contributed by atoms with Crippen molar-refractivity contribution in [1.82, 2.24) is 4.90 Å². The molecule has 0 bridgehead atoms.